The van der Waals surface area contributed by atoms with Gasteiger partial charge in [0.1, 0.15) is 0 Å². The van der Waals surface area contributed by atoms with Gasteiger partial charge < -0.3 is 4.90 Å². The Hall–Kier alpha value is -7.74. The molecule has 2 aliphatic rings. The predicted octanol–water partition coefficient (Wildman–Crippen LogP) is 16.3. The lowest BCUT2D eigenvalue weighted by atomic mass is 9.66. The minimum absolute atomic E-state index is 0.157. The standard InChI is InChI=1S/C62H45N/c1-61(2)55-31-18-17-29-50(55)51-39-38-48(40-57(51)61)63(47-36-34-43(35-37-47)42-20-7-3-8-21-42)58-33-19-32-56-59(58)54-41-53(44-22-9-4-10-23-44)49-28-15-16-30-52(49)60(54)62(56,45-24-11-5-12-25-45)46-26-13-6-14-27-46/h3-41H,1-2H3. The first-order valence-electron chi connectivity index (χ1n) is 22.1. The smallest absolute Gasteiger partial charge is 0.0720 e. The first kappa shape index (κ1) is 37.1. The van der Waals surface area contributed by atoms with Gasteiger partial charge in [0.2, 0.25) is 0 Å². The van der Waals surface area contributed by atoms with Crippen molar-refractivity contribution in [2.75, 3.05) is 4.90 Å². The summed E-state index contributed by atoms with van der Waals surface area (Å²) in [4.78, 5) is 2.53. The topological polar surface area (TPSA) is 3.24 Å². The summed E-state index contributed by atoms with van der Waals surface area (Å²) in [6, 6.07) is 87.9. The Kier molecular flexibility index (Phi) is 8.49. The Morgan fingerprint density at radius 1 is 0.333 bits per heavy atom. The van der Waals surface area contributed by atoms with Crippen LogP contribution in [-0.4, -0.2) is 0 Å². The summed E-state index contributed by atoms with van der Waals surface area (Å²) in [5, 5.41) is 2.52. The molecule has 0 atom stereocenters. The minimum Gasteiger partial charge on any atom is -0.310 e. The van der Waals surface area contributed by atoms with E-state index in [1.807, 2.05) is 0 Å². The Morgan fingerprint density at radius 2 is 0.857 bits per heavy atom. The Bertz CT molecular complexity index is 3290. The van der Waals surface area contributed by atoms with Gasteiger partial charge in [0, 0.05) is 22.4 Å². The summed E-state index contributed by atoms with van der Waals surface area (Å²) in [6.07, 6.45) is 0. The molecule has 0 fully saturated rings. The highest BCUT2D eigenvalue weighted by molar-refractivity contribution is 6.10. The maximum absolute atomic E-state index is 2.53. The molecule has 0 aliphatic heterocycles. The summed E-state index contributed by atoms with van der Waals surface area (Å²) in [5.74, 6) is 0. The van der Waals surface area contributed by atoms with Gasteiger partial charge in [-0.05, 0) is 119 Å². The highest BCUT2D eigenvalue weighted by Gasteiger charge is 2.49. The highest BCUT2D eigenvalue weighted by Crippen LogP contribution is 2.62. The van der Waals surface area contributed by atoms with Crippen molar-refractivity contribution in [2.24, 2.45) is 0 Å². The van der Waals surface area contributed by atoms with Crippen molar-refractivity contribution in [1.29, 1.82) is 0 Å². The van der Waals surface area contributed by atoms with Crippen LogP contribution in [-0.2, 0) is 10.8 Å². The molecule has 0 N–H and O–H groups in total. The molecule has 0 unspecified atom stereocenters. The van der Waals surface area contributed by atoms with Crippen LogP contribution >= 0.6 is 0 Å². The van der Waals surface area contributed by atoms with Crippen LogP contribution in [0.15, 0.2) is 237 Å². The van der Waals surface area contributed by atoms with Crippen molar-refractivity contribution in [3.63, 3.8) is 0 Å². The molecule has 12 rings (SSSR count). The molecule has 1 nitrogen and oxygen atoms in total. The predicted molar refractivity (Wildman–Crippen MR) is 264 cm³/mol. The first-order valence-corrected chi connectivity index (χ1v) is 22.1. The van der Waals surface area contributed by atoms with Crippen molar-refractivity contribution in [3.05, 3.63) is 270 Å². The zero-order chi connectivity index (χ0) is 42.1. The van der Waals surface area contributed by atoms with Crippen LogP contribution in [0, 0.1) is 0 Å². The fourth-order valence-electron chi connectivity index (χ4n) is 11.1. The van der Waals surface area contributed by atoms with Gasteiger partial charge in [0.15, 0.2) is 0 Å². The second kappa shape index (κ2) is 14.4. The zero-order valence-electron chi connectivity index (χ0n) is 35.5. The molecule has 0 saturated carbocycles. The average Bonchev–Trinajstić information content (AvgIpc) is 3.79. The van der Waals surface area contributed by atoms with Crippen LogP contribution in [0.4, 0.5) is 17.1 Å². The molecular weight excluding hydrogens is 759 g/mol. The molecular formula is C62H45N. The Balaban J connectivity index is 1.20. The van der Waals surface area contributed by atoms with E-state index in [4.69, 9.17) is 0 Å². The summed E-state index contributed by atoms with van der Waals surface area (Å²) in [6.45, 7) is 4.75. The fourth-order valence-corrected chi connectivity index (χ4v) is 11.1. The largest absolute Gasteiger partial charge is 0.310 e. The maximum Gasteiger partial charge on any atom is 0.0720 e. The second-order valence-corrected chi connectivity index (χ2v) is 17.6. The van der Waals surface area contributed by atoms with E-state index in [-0.39, 0.29) is 5.41 Å². The molecule has 10 aromatic rings. The number of rotatable bonds is 7. The van der Waals surface area contributed by atoms with Gasteiger partial charge in [-0.1, -0.05) is 214 Å². The molecule has 0 spiro atoms. The van der Waals surface area contributed by atoms with E-state index in [9.17, 15) is 0 Å². The summed E-state index contributed by atoms with van der Waals surface area (Å²) >= 11 is 0. The van der Waals surface area contributed by atoms with Crippen molar-refractivity contribution in [3.8, 4) is 44.5 Å². The number of benzene rings is 10. The number of hydrogen-bond acceptors (Lipinski definition) is 1. The minimum atomic E-state index is -0.609. The SMILES string of the molecule is CC1(C)c2ccccc2-c2ccc(N(c3ccc(-c4ccccc4)cc3)c3cccc4c3-c3cc(-c5ccccc5)c5ccccc5c3C4(c3ccccc3)c3ccccc3)cc21. The van der Waals surface area contributed by atoms with Crippen LogP contribution in [0.5, 0.6) is 0 Å². The molecule has 1 heteroatoms. The van der Waals surface area contributed by atoms with E-state index in [1.165, 1.54) is 88.7 Å². The lowest BCUT2D eigenvalue weighted by Gasteiger charge is -2.35. The van der Waals surface area contributed by atoms with Gasteiger partial charge in [-0.2, -0.15) is 0 Å². The van der Waals surface area contributed by atoms with Crippen molar-refractivity contribution < 1.29 is 0 Å². The maximum atomic E-state index is 2.53. The van der Waals surface area contributed by atoms with E-state index in [0.717, 1.165) is 17.1 Å². The molecule has 0 saturated heterocycles. The van der Waals surface area contributed by atoms with Crippen molar-refractivity contribution in [1.82, 2.24) is 0 Å². The molecule has 0 radical (unpaired) electrons. The van der Waals surface area contributed by atoms with Crippen LogP contribution in [0.3, 0.4) is 0 Å². The van der Waals surface area contributed by atoms with E-state index < -0.39 is 5.41 Å². The van der Waals surface area contributed by atoms with Gasteiger partial charge in [0.25, 0.3) is 0 Å². The second-order valence-electron chi connectivity index (χ2n) is 17.6. The third-order valence-corrected chi connectivity index (χ3v) is 13.9. The summed E-state index contributed by atoms with van der Waals surface area (Å²) in [5.41, 5.74) is 20.4. The van der Waals surface area contributed by atoms with Crippen LogP contribution in [0.25, 0.3) is 55.3 Å². The zero-order valence-corrected chi connectivity index (χ0v) is 35.5. The normalized spacial score (nSPS) is 13.8. The molecule has 298 valence electrons. The van der Waals surface area contributed by atoms with Gasteiger partial charge >= 0.3 is 0 Å². The monoisotopic (exact) mass is 803 g/mol. The van der Waals surface area contributed by atoms with Crippen LogP contribution in [0.1, 0.15) is 47.2 Å². The van der Waals surface area contributed by atoms with Gasteiger partial charge in [-0.25, -0.2) is 0 Å². The average molecular weight is 804 g/mol. The van der Waals surface area contributed by atoms with E-state index in [2.05, 4.69) is 255 Å². The third-order valence-electron chi connectivity index (χ3n) is 13.9. The molecule has 0 heterocycles. The number of hydrogen-bond donors (Lipinski definition) is 0. The quantitative estimate of drug-likeness (QED) is 0.155. The lowest BCUT2D eigenvalue weighted by Crippen LogP contribution is -2.29. The molecule has 63 heavy (non-hydrogen) atoms. The lowest BCUT2D eigenvalue weighted by molar-refractivity contribution is 0.660. The molecule has 10 aromatic carbocycles. The number of nitrogens with zero attached hydrogens (tertiary/aromatic N) is 1. The van der Waals surface area contributed by atoms with Gasteiger partial charge in [-0.3, -0.25) is 0 Å². The molecule has 2 aliphatic carbocycles. The molecule has 0 bridgehead atoms. The van der Waals surface area contributed by atoms with Crippen LogP contribution in [0.2, 0.25) is 0 Å². The van der Waals surface area contributed by atoms with Crippen molar-refractivity contribution in [2.45, 2.75) is 24.7 Å². The van der Waals surface area contributed by atoms with E-state index in [0.29, 0.717) is 0 Å². The number of fused-ring (bicyclic) bond motifs is 8. The van der Waals surface area contributed by atoms with Crippen molar-refractivity contribution >= 4 is 27.8 Å². The van der Waals surface area contributed by atoms with E-state index >= 15 is 0 Å². The molecule has 0 aromatic heterocycles. The Labute approximate surface area is 370 Å². The highest BCUT2D eigenvalue weighted by atomic mass is 15.1. The van der Waals surface area contributed by atoms with E-state index in [1.54, 1.807) is 0 Å². The Morgan fingerprint density at radius 3 is 1.54 bits per heavy atom. The first-order chi connectivity index (χ1) is 31.0. The van der Waals surface area contributed by atoms with Crippen LogP contribution < -0.4 is 4.90 Å². The number of anilines is 3. The summed E-state index contributed by atoms with van der Waals surface area (Å²) in [7, 11) is 0. The van der Waals surface area contributed by atoms with Gasteiger partial charge in [-0.15, -0.1) is 0 Å². The molecule has 0 amide bonds. The summed E-state index contributed by atoms with van der Waals surface area (Å²) < 4.78 is 0. The third kappa shape index (κ3) is 5.56. The van der Waals surface area contributed by atoms with Gasteiger partial charge in [0.05, 0.1) is 11.1 Å². The fraction of sp³-hybridized carbons (Fsp3) is 0.0645.